The monoisotopic (exact) mass is 336 g/mol. The third-order valence-electron chi connectivity index (χ3n) is 3.67. The normalized spacial score (nSPS) is 22.0. The Hall–Kier alpha value is -0.310. The van der Waals surface area contributed by atoms with Crippen LogP contribution in [-0.2, 0) is 19.6 Å². The molecular formula is C13H24N2O4S2. The standard InChI is InChI=1S/C13H24N2O4S2/c1-11(19-10-12-2-3-12)13(16)14-4-9-21(17,18)15-5-7-20-8-6-15/h11-12H,2-10H2,1H3,(H,14,16). The van der Waals surface area contributed by atoms with Crippen molar-refractivity contribution >= 4 is 27.7 Å². The SMILES string of the molecule is CC(OCC1CC1)C(=O)NCCS(=O)(=O)N1CCSCC1. The van der Waals surface area contributed by atoms with Gasteiger partial charge in [-0.05, 0) is 25.7 Å². The van der Waals surface area contributed by atoms with Crippen LogP contribution in [0.5, 0.6) is 0 Å². The topological polar surface area (TPSA) is 75.7 Å². The van der Waals surface area contributed by atoms with Gasteiger partial charge in [-0.1, -0.05) is 0 Å². The van der Waals surface area contributed by atoms with E-state index in [0.717, 1.165) is 11.5 Å². The molecule has 0 radical (unpaired) electrons. The minimum atomic E-state index is -3.26. The van der Waals surface area contributed by atoms with E-state index in [9.17, 15) is 13.2 Å². The van der Waals surface area contributed by atoms with E-state index in [1.54, 1.807) is 18.7 Å². The molecule has 0 aromatic rings. The second-order valence-corrected chi connectivity index (χ2v) is 8.85. The molecule has 122 valence electrons. The highest BCUT2D eigenvalue weighted by Gasteiger charge is 2.25. The summed E-state index contributed by atoms with van der Waals surface area (Å²) in [7, 11) is -3.26. The maximum atomic E-state index is 12.1. The first kappa shape index (κ1) is 17.1. The molecule has 1 aliphatic carbocycles. The second kappa shape index (κ2) is 7.80. The fraction of sp³-hybridized carbons (Fsp3) is 0.923. The van der Waals surface area contributed by atoms with E-state index >= 15 is 0 Å². The second-order valence-electron chi connectivity index (χ2n) is 5.54. The number of carbonyl (C=O) groups excluding carboxylic acids is 1. The lowest BCUT2D eigenvalue weighted by Crippen LogP contribution is -2.43. The lowest BCUT2D eigenvalue weighted by atomic mass is 10.3. The van der Waals surface area contributed by atoms with Crippen LogP contribution in [0.4, 0.5) is 0 Å². The quantitative estimate of drug-likeness (QED) is 0.690. The molecule has 2 fully saturated rings. The Morgan fingerprint density at radius 3 is 2.67 bits per heavy atom. The molecule has 1 atom stereocenters. The number of amides is 1. The Balaban J connectivity index is 1.65. The Kier molecular flexibility index (Phi) is 6.34. The van der Waals surface area contributed by atoms with Crippen LogP contribution in [0, 0.1) is 5.92 Å². The fourth-order valence-electron chi connectivity index (χ4n) is 2.04. The summed E-state index contributed by atoms with van der Waals surface area (Å²) in [5.41, 5.74) is 0. The van der Waals surface area contributed by atoms with Gasteiger partial charge >= 0.3 is 0 Å². The highest BCUT2D eigenvalue weighted by Crippen LogP contribution is 2.29. The Labute approximate surface area is 131 Å². The lowest BCUT2D eigenvalue weighted by molar-refractivity contribution is -0.131. The van der Waals surface area contributed by atoms with Crippen molar-refractivity contribution in [2.45, 2.75) is 25.9 Å². The van der Waals surface area contributed by atoms with Crippen LogP contribution in [0.25, 0.3) is 0 Å². The van der Waals surface area contributed by atoms with Gasteiger partial charge in [0.1, 0.15) is 6.10 Å². The molecule has 1 amide bonds. The van der Waals surface area contributed by atoms with Gasteiger partial charge in [0.05, 0.1) is 12.4 Å². The first-order chi connectivity index (χ1) is 9.99. The molecule has 1 unspecified atom stereocenters. The molecule has 1 heterocycles. The zero-order valence-corrected chi connectivity index (χ0v) is 14.0. The largest absolute Gasteiger partial charge is 0.368 e. The molecule has 0 aromatic heterocycles. The van der Waals surface area contributed by atoms with Gasteiger partial charge in [-0.15, -0.1) is 0 Å². The predicted molar refractivity (Wildman–Crippen MR) is 83.8 cm³/mol. The molecule has 8 heteroatoms. The zero-order chi connectivity index (χ0) is 15.3. The lowest BCUT2D eigenvalue weighted by Gasteiger charge is -2.25. The number of thioether (sulfide) groups is 1. The molecule has 0 aromatic carbocycles. The maximum absolute atomic E-state index is 12.1. The van der Waals surface area contributed by atoms with Gasteiger partial charge in [0.25, 0.3) is 0 Å². The summed E-state index contributed by atoms with van der Waals surface area (Å²) in [6.07, 6.45) is 1.85. The van der Waals surface area contributed by atoms with Crippen molar-refractivity contribution in [2.75, 3.05) is 43.5 Å². The molecule has 1 N–H and O–H groups in total. The smallest absolute Gasteiger partial charge is 0.248 e. The maximum Gasteiger partial charge on any atom is 0.248 e. The highest BCUT2D eigenvalue weighted by atomic mass is 32.2. The first-order valence-electron chi connectivity index (χ1n) is 7.44. The van der Waals surface area contributed by atoms with E-state index < -0.39 is 16.1 Å². The van der Waals surface area contributed by atoms with Crippen molar-refractivity contribution in [3.05, 3.63) is 0 Å². The van der Waals surface area contributed by atoms with Crippen molar-refractivity contribution in [2.24, 2.45) is 5.92 Å². The van der Waals surface area contributed by atoms with E-state index in [2.05, 4.69) is 5.32 Å². The van der Waals surface area contributed by atoms with Crippen LogP contribution < -0.4 is 5.32 Å². The number of hydrogen-bond donors (Lipinski definition) is 1. The number of sulfonamides is 1. The van der Waals surface area contributed by atoms with Crippen molar-refractivity contribution in [1.82, 2.24) is 9.62 Å². The molecule has 1 aliphatic heterocycles. The Bertz CT molecular complexity index is 445. The minimum absolute atomic E-state index is 0.0429. The van der Waals surface area contributed by atoms with Gasteiger partial charge in [0.15, 0.2) is 0 Å². The zero-order valence-electron chi connectivity index (χ0n) is 12.4. The average Bonchev–Trinajstić information content (AvgIpc) is 3.29. The van der Waals surface area contributed by atoms with Crippen LogP contribution in [0.15, 0.2) is 0 Å². The van der Waals surface area contributed by atoms with E-state index in [4.69, 9.17) is 4.74 Å². The van der Waals surface area contributed by atoms with Crippen molar-refractivity contribution in [3.63, 3.8) is 0 Å². The van der Waals surface area contributed by atoms with Gasteiger partial charge in [-0.3, -0.25) is 4.79 Å². The van der Waals surface area contributed by atoms with Crippen LogP contribution in [0.3, 0.4) is 0 Å². The molecule has 1 saturated carbocycles. The number of carbonyl (C=O) groups is 1. The van der Waals surface area contributed by atoms with Gasteiger partial charge < -0.3 is 10.1 Å². The number of rotatable bonds is 8. The molecule has 2 rings (SSSR count). The van der Waals surface area contributed by atoms with E-state index in [0.29, 0.717) is 25.6 Å². The average molecular weight is 336 g/mol. The fourth-order valence-corrected chi connectivity index (χ4v) is 4.53. The van der Waals surface area contributed by atoms with Crippen LogP contribution >= 0.6 is 11.8 Å². The highest BCUT2D eigenvalue weighted by molar-refractivity contribution is 7.99. The van der Waals surface area contributed by atoms with Crippen LogP contribution in [0.1, 0.15) is 19.8 Å². The number of nitrogens with one attached hydrogen (secondary N) is 1. The van der Waals surface area contributed by atoms with Crippen LogP contribution in [-0.4, -0.2) is 68.2 Å². The summed E-state index contributed by atoms with van der Waals surface area (Å²) in [5.74, 6) is 2.02. The summed E-state index contributed by atoms with van der Waals surface area (Å²) in [4.78, 5) is 11.8. The van der Waals surface area contributed by atoms with Gasteiger partial charge in [-0.25, -0.2) is 12.7 Å². The predicted octanol–water partition coefficient (Wildman–Crippen LogP) is 0.296. The molecule has 6 nitrogen and oxygen atoms in total. The number of nitrogens with zero attached hydrogens (tertiary/aromatic N) is 1. The Morgan fingerprint density at radius 1 is 1.38 bits per heavy atom. The van der Waals surface area contributed by atoms with Crippen LogP contribution in [0.2, 0.25) is 0 Å². The van der Waals surface area contributed by atoms with Gasteiger partial charge in [-0.2, -0.15) is 11.8 Å². The third kappa shape index (κ3) is 5.77. The third-order valence-corrected chi connectivity index (χ3v) is 6.49. The molecule has 0 bridgehead atoms. The van der Waals surface area contributed by atoms with Crippen molar-refractivity contribution < 1.29 is 17.9 Å². The van der Waals surface area contributed by atoms with Gasteiger partial charge in [0.2, 0.25) is 15.9 Å². The number of hydrogen-bond acceptors (Lipinski definition) is 5. The summed E-state index contributed by atoms with van der Waals surface area (Å²) in [5, 5.41) is 2.65. The Morgan fingerprint density at radius 2 is 2.05 bits per heavy atom. The summed E-state index contributed by atoms with van der Waals surface area (Å²) < 4.78 is 31.2. The van der Waals surface area contributed by atoms with Crippen molar-refractivity contribution in [3.8, 4) is 0 Å². The van der Waals surface area contributed by atoms with Gasteiger partial charge in [0, 0.05) is 31.1 Å². The van der Waals surface area contributed by atoms with E-state index in [1.807, 2.05) is 0 Å². The first-order valence-corrected chi connectivity index (χ1v) is 10.2. The summed E-state index contributed by atoms with van der Waals surface area (Å²) in [6.45, 7) is 3.61. The molecular weight excluding hydrogens is 312 g/mol. The minimum Gasteiger partial charge on any atom is -0.368 e. The van der Waals surface area contributed by atoms with Crippen molar-refractivity contribution in [1.29, 1.82) is 0 Å². The molecule has 1 saturated heterocycles. The van der Waals surface area contributed by atoms with E-state index in [1.165, 1.54) is 17.1 Å². The van der Waals surface area contributed by atoms with E-state index in [-0.39, 0.29) is 18.2 Å². The molecule has 0 spiro atoms. The summed E-state index contributed by atoms with van der Waals surface area (Å²) in [6, 6.07) is 0. The molecule has 21 heavy (non-hydrogen) atoms. The summed E-state index contributed by atoms with van der Waals surface area (Å²) >= 11 is 1.77. The molecule has 2 aliphatic rings. The number of ether oxygens (including phenoxy) is 1.